The topological polar surface area (TPSA) is 56.5 Å². The first-order valence-electron chi connectivity index (χ1n) is 8.93. The highest BCUT2D eigenvalue weighted by atomic mass is 32.2. The highest BCUT2D eigenvalue weighted by Crippen LogP contribution is 2.38. The monoisotopic (exact) mass is 416 g/mol. The third-order valence-electron chi connectivity index (χ3n) is 4.61. The molecule has 1 saturated heterocycles. The molecule has 1 aromatic carbocycles. The molecule has 1 aliphatic heterocycles. The van der Waals surface area contributed by atoms with Gasteiger partial charge in [-0.15, -0.1) is 16.9 Å². The molecule has 1 N–H and O–H groups in total. The second kappa shape index (κ2) is 8.34. The number of alkyl halides is 3. The van der Waals surface area contributed by atoms with Crippen molar-refractivity contribution < 1.29 is 27.8 Å². The van der Waals surface area contributed by atoms with Gasteiger partial charge in [-0.3, -0.25) is 4.68 Å². The van der Waals surface area contributed by atoms with Gasteiger partial charge < -0.3 is 14.6 Å². The summed E-state index contributed by atoms with van der Waals surface area (Å²) in [5, 5.41) is 13.9. The molecule has 0 spiro atoms. The lowest BCUT2D eigenvalue weighted by molar-refractivity contribution is -0.171. The zero-order valence-corrected chi connectivity index (χ0v) is 16.7. The van der Waals surface area contributed by atoms with Crippen molar-refractivity contribution in [2.24, 2.45) is 7.05 Å². The largest absolute Gasteiger partial charge is 0.446 e. The minimum Gasteiger partial charge on any atom is -0.446 e. The molecule has 0 amide bonds. The van der Waals surface area contributed by atoms with E-state index in [4.69, 9.17) is 9.47 Å². The van der Waals surface area contributed by atoms with Crippen LogP contribution in [0.15, 0.2) is 29.2 Å². The van der Waals surface area contributed by atoms with Crippen molar-refractivity contribution in [3.63, 3.8) is 0 Å². The third-order valence-corrected chi connectivity index (χ3v) is 5.36. The lowest BCUT2D eigenvalue weighted by Gasteiger charge is -2.30. The number of ether oxygens (including phenoxy) is 2. The van der Waals surface area contributed by atoms with Crippen LogP contribution in [-0.4, -0.2) is 39.6 Å². The Morgan fingerprint density at radius 2 is 1.96 bits per heavy atom. The molecule has 154 valence electrons. The molecular weight excluding hydrogens is 393 g/mol. The van der Waals surface area contributed by atoms with Crippen molar-refractivity contribution in [2.75, 3.05) is 6.26 Å². The van der Waals surface area contributed by atoms with Crippen LogP contribution in [0.3, 0.4) is 0 Å². The average Bonchev–Trinajstić information content (AvgIpc) is 2.89. The van der Waals surface area contributed by atoms with E-state index in [1.54, 1.807) is 30.8 Å². The first-order chi connectivity index (χ1) is 13.2. The molecule has 2 heterocycles. The molecule has 9 heteroatoms. The number of aromatic nitrogens is 2. The minimum absolute atomic E-state index is 0.0253. The van der Waals surface area contributed by atoms with Crippen molar-refractivity contribution in [2.45, 2.75) is 55.8 Å². The SMILES string of the molecule is CSc1ccc(Cc2c(O[C@H]3C[C@@H](O)C[C@@H](C)O3)nn(C)c2C(F)(F)F)cc1. The predicted octanol–water partition coefficient (Wildman–Crippen LogP) is 4.02. The smallest absolute Gasteiger partial charge is 0.433 e. The molecule has 28 heavy (non-hydrogen) atoms. The van der Waals surface area contributed by atoms with Crippen molar-refractivity contribution >= 4 is 11.8 Å². The summed E-state index contributed by atoms with van der Waals surface area (Å²) < 4.78 is 53.1. The Bertz CT molecular complexity index is 798. The molecule has 0 bridgehead atoms. The van der Waals surface area contributed by atoms with E-state index in [-0.39, 0.29) is 30.4 Å². The molecular formula is C19H23F3N2O3S. The van der Waals surface area contributed by atoms with Crippen LogP contribution in [-0.2, 0) is 24.4 Å². The number of hydrogen-bond donors (Lipinski definition) is 1. The summed E-state index contributed by atoms with van der Waals surface area (Å²) in [7, 11) is 1.25. The van der Waals surface area contributed by atoms with Gasteiger partial charge in [0.1, 0.15) is 5.69 Å². The molecule has 0 saturated carbocycles. The van der Waals surface area contributed by atoms with Gasteiger partial charge in [0.25, 0.3) is 0 Å². The van der Waals surface area contributed by atoms with Crippen LogP contribution in [0.25, 0.3) is 0 Å². The van der Waals surface area contributed by atoms with Crippen LogP contribution in [0.2, 0.25) is 0 Å². The van der Waals surface area contributed by atoms with E-state index in [1.165, 1.54) is 7.05 Å². The molecule has 0 radical (unpaired) electrons. The molecule has 5 nitrogen and oxygen atoms in total. The fraction of sp³-hybridized carbons (Fsp3) is 0.526. The van der Waals surface area contributed by atoms with Crippen LogP contribution in [0.1, 0.15) is 36.6 Å². The Balaban J connectivity index is 1.92. The van der Waals surface area contributed by atoms with Crippen LogP contribution in [0.4, 0.5) is 13.2 Å². The molecule has 1 aliphatic rings. The molecule has 2 aromatic rings. The quantitative estimate of drug-likeness (QED) is 0.747. The summed E-state index contributed by atoms with van der Waals surface area (Å²) in [6, 6.07) is 7.33. The van der Waals surface area contributed by atoms with E-state index < -0.39 is 24.3 Å². The van der Waals surface area contributed by atoms with Gasteiger partial charge in [-0.05, 0) is 37.3 Å². The zero-order valence-electron chi connectivity index (χ0n) is 15.9. The lowest BCUT2D eigenvalue weighted by atomic mass is 10.0. The number of thioether (sulfide) groups is 1. The highest BCUT2D eigenvalue weighted by molar-refractivity contribution is 7.98. The first-order valence-corrected chi connectivity index (χ1v) is 10.2. The van der Waals surface area contributed by atoms with Crippen molar-refractivity contribution in [3.05, 3.63) is 41.1 Å². The summed E-state index contributed by atoms with van der Waals surface area (Å²) in [4.78, 5) is 1.03. The van der Waals surface area contributed by atoms with Gasteiger partial charge in [-0.1, -0.05) is 12.1 Å². The van der Waals surface area contributed by atoms with Gasteiger partial charge in [-0.25, -0.2) is 0 Å². The van der Waals surface area contributed by atoms with Crippen LogP contribution >= 0.6 is 11.8 Å². The number of aliphatic hydroxyl groups is 1. The Hall–Kier alpha value is -1.71. The average molecular weight is 416 g/mol. The normalized spacial score (nSPS) is 23.0. The first kappa shape index (κ1) is 21.0. The number of halogens is 3. The van der Waals surface area contributed by atoms with E-state index in [9.17, 15) is 18.3 Å². The van der Waals surface area contributed by atoms with Gasteiger partial charge in [-0.2, -0.15) is 13.2 Å². The van der Waals surface area contributed by atoms with E-state index in [2.05, 4.69) is 5.10 Å². The third kappa shape index (κ3) is 4.82. The Morgan fingerprint density at radius 1 is 1.29 bits per heavy atom. The number of benzene rings is 1. The summed E-state index contributed by atoms with van der Waals surface area (Å²) in [5.41, 5.74) is -0.164. The van der Waals surface area contributed by atoms with Gasteiger partial charge in [0.15, 0.2) is 0 Å². The standard InChI is InChI=1S/C19H23F3N2O3S/c1-11-8-13(25)10-16(26-11)27-18-15(17(19(20,21)22)24(2)23-18)9-12-4-6-14(28-3)7-5-12/h4-7,11,13,16,25H,8-10H2,1-3H3/t11-,13+,16+/m1/s1. The van der Waals surface area contributed by atoms with E-state index >= 15 is 0 Å². The molecule has 3 rings (SSSR count). The second-order valence-electron chi connectivity index (χ2n) is 6.90. The van der Waals surface area contributed by atoms with Crippen molar-refractivity contribution in [1.82, 2.24) is 9.78 Å². The number of aliphatic hydroxyl groups excluding tert-OH is 1. The number of rotatable bonds is 5. The summed E-state index contributed by atoms with van der Waals surface area (Å²) in [5.74, 6) is -0.116. The van der Waals surface area contributed by atoms with Gasteiger partial charge in [0, 0.05) is 24.8 Å². The summed E-state index contributed by atoms with van der Waals surface area (Å²) >= 11 is 1.56. The minimum atomic E-state index is -4.57. The van der Waals surface area contributed by atoms with E-state index in [0.717, 1.165) is 15.1 Å². The van der Waals surface area contributed by atoms with Crippen LogP contribution in [0.5, 0.6) is 5.88 Å². The summed E-state index contributed by atoms with van der Waals surface area (Å²) in [6.07, 6.45) is -3.68. The maximum atomic E-state index is 13.7. The van der Waals surface area contributed by atoms with Gasteiger partial charge in [0.2, 0.25) is 12.2 Å². The summed E-state index contributed by atoms with van der Waals surface area (Å²) in [6.45, 7) is 1.78. The van der Waals surface area contributed by atoms with Gasteiger partial charge >= 0.3 is 6.18 Å². The van der Waals surface area contributed by atoms with E-state index in [1.807, 2.05) is 18.4 Å². The molecule has 3 atom stereocenters. The number of hydrogen-bond acceptors (Lipinski definition) is 5. The van der Waals surface area contributed by atoms with Crippen LogP contribution in [0, 0.1) is 0 Å². The highest BCUT2D eigenvalue weighted by Gasteiger charge is 2.40. The maximum Gasteiger partial charge on any atom is 0.433 e. The Morgan fingerprint density at radius 3 is 2.54 bits per heavy atom. The molecule has 0 aliphatic carbocycles. The van der Waals surface area contributed by atoms with E-state index in [0.29, 0.717) is 6.42 Å². The van der Waals surface area contributed by atoms with Crippen molar-refractivity contribution in [3.8, 4) is 5.88 Å². The zero-order chi connectivity index (χ0) is 20.5. The van der Waals surface area contributed by atoms with Gasteiger partial charge in [0.05, 0.1) is 17.8 Å². The number of aryl methyl sites for hydroxylation is 1. The molecule has 0 unspecified atom stereocenters. The Kier molecular flexibility index (Phi) is 6.26. The Labute approximate surface area is 165 Å². The van der Waals surface area contributed by atoms with Crippen molar-refractivity contribution in [1.29, 1.82) is 0 Å². The molecule has 1 fully saturated rings. The fourth-order valence-corrected chi connectivity index (χ4v) is 3.78. The number of nitrogens with zero attached hydrogens (tertiary/aromatic N) is 2. The molecule has 1 aromatic heterocycles. The van der Waals surface area contributed by atoms with Crippen LogP contribution < -0.4 is 4.74 Å². The fourth-order valence-electron chi connectivity index (χ4n) is 3.37. The predicted molar refractivity (Wildman–Crippen MR) is 99.4 cm³/mol. The second-order valence-corrected chi connectivity index (χ2v) is 7.78. The maximum absolute atomic E-state index is 13.7. The lowest BCUT2D eigenvalue weighted by Crippen LogP contribution is -2.37.